The first-order chi connectivity index (χ1) is 8.33. The van der Waals surface area contributed by atoms with Crippen LogP contribution in [0.2, 0.25) is 0 Å². The van der Waals surface area contributed by atoms with Gasteiger partial charge in [-0.3, -0.25) is 0 Å². The summed E-state index contributed by atoms with van der Waals surface area (Å²) in [5, 5.41) is 12.9. The first kappa shape index (κ1) is 11.9. The van der Waals surface area contributed by atoms with E-state index in [1.54, 1.807) is 7.11 Å². The highest BCUT2D eigenvalue weighted by Gasteiger charge is 2.28. The Morgan fingerprint density at radius 3 is 2.59 bits per heavy atom. The third-order valence-corrected chi connectivity index (χ3v) is 2.75. The molecule has 0 atom stereocenters. The van der Waals surface area contributed by atoms with E-state index in [0.717, 1.165) is 17.0 Å². The smallest absolute Gasteiger partial charge is 0.130 e. The van der Waals surface area contributed by atoms with Gasteiger partial charge in [0.2, 0.25) is 0 Å². The third kappa shape index (κ3) is 3.46. The number of oxime groups is 1. The summed E-state index contributed by atoms with van der Waals surface area (Å²) in [5.74, 6) is 1.32. The van der Waals surface area contributed by atoms with E-state index in [1.165, 1.54) is 12.8 Å². The van der Waals surface area contributed by atoms with E-state index in [0.29, 0.717) is 12.5 Å². The van der Waals surface area contributed by atoms with Gasteiger partial charge in [0.05, 0.1) is 12.3 Å². The van der Waals surface area contributed by atoms with E-state index in [9.17, 15) is 0 Å². The number of rotatable bonds is 6. The summed E-state index contributed by atoms with van der Waals surface area (Å²) in [7, 11) is 1.55. The van der Waals surface area contributed by atoms with Crippen molar-refractivity contribution in [3.8, 4) is 5.75 Å². The molecular formula is C13H17NO3. The minimum Gasteiger partial charge on any atom is -0.488 e. The maximum atomic E-state index is 8.92. The topological polar surface area (TPSA) is 51.0 Å². The maximum Gasteiger partial charge on any atom is 0.130 e. The fourth-order valence-electron chi connectivity index (χ4n) is 1.60. The molecule has 1 fully saturated rings. The lowest BCUT2D eigenvalue weighted by Crippen LogP contribution is -2.14. The number of hydrogen-bond acceptors (Lipinski definition) is 4. The van der Waals surface area contributed by atoms with Gasteiger partial charge in [-0.25, -0.2) is 0 Å². The van der Waals surface area contributed by atoms with Gasteiger partial charge >= 0.3 is 0 Å². The van der Waals surface area contributed by atoms with Gasteiger partial charge in [-0.05, 0) is 30.5 Å². The van der Waals surface area contributed by atoms with Gasteiger partial charge in [-0.2, -0.15) is 0 Å². The van der Waals surface area contributed by atoms with Crippen molar-refractivity contribution in [3.05, 3.63) is 29.8 Å². The van der Waals surface area contributed by atoms with Crippen molar-refractivity contribution in [2.45, 2.75) is 19.4 Å². The van der Waals surface area contributed by atoms with Gasteiger partial charge in [0.15, 0.2) is 0 Å². The molecule has 1 aliphatic rings. The van der Waals surface area contributed by atoms with Crippen LogP contribution in [-0.2, 0) is 11.4 Å². The predicted molar refractivity (Wildman–Crippen MR) is 65.0 cm³/mol. The summed E-state index contributed by atoms with van der Waals surface area (Å²) in [5.41, 5.74) is 1.85. The Labute approximate surface area is 101 Å². The molecule has 4 nitrogen and oxygen atoms in total. The Morgan fingerprint density at radius 2 is 2.06 bits per heavy atom. The highest BCUT2D eigenvalue weighted by atomic mass is 16.6. The Kier molecular flexibility index (Phi) is 3.98. The number of aliphatic hydroxyl groups excluding tert-OH is 1. The van der Waals surface area contributed by atoms with E-state index in [4.69, 9.17) is 14.7 Å². The molecule has 0 amide bonds. The van der Waals surface area contributed by atoms with Crippen LogP contribution in [0.25, 0.3) is 0 Å². The largest absolute Gasteiger partial charge is 0.488 e. The second kappa shape index (κ2) is 5.68. The van der Waals surface area contributed by atoms with Gasteiger partial charge in [0.25, 0.3) is 0 Å². The molecule has 4 heteroatoms. The van der Waals surface area contributed by atoms with E-state index in [2.05, 4.69) is 5.16 Å². The van der Waals surface area contributed by atoms with Gasteiger partial charge in [-0.1, -0.05) is 17.3 Å². The molecule has 1 N–H and O–H groups in total. The van der Waals surface area contributed by atoms with Crippen LogP contribution in [0.5, 0.6) is 5.75 Å². The summed E-state index contributed by atoms with van der Waals surface area (Å²) in [4.78, 5) is 4.81. The minimum absolute atomic E-state index is 0.0543. The molecule has 0 spiro atoms. The number of hydrogen-bond donors (Lipinski definition) is 1. The quantitative estimate of drug-likeness (QED) is 0.606. The van der Waals surface area contributed by atoms with Crippen LogP contribution >= 0.6 is 0 Å². The van der Waals surface area contributed by atoms with Crippen molar-refractivity contribution in [2.75, 3.05) is 13.7 Å². The Balaban J connectivity index is 1.89. The Bertz CT molecular complexity index is 382. The average Bonchev–Trinajstić information content (AvgIpc) is 3.19. The first-order valence-corrected chi connectivity index (χ1v) is 5.76. The monoisotopic (exact) mass is 235 g/mol. The summed E-state index contributed by atoms with van der Waals surface area (Å²) >= 11 is 0. The molecule has 0 unspecified atom stereocenters. The molecular weight excluding hydrogens is 218 g/mol. The molecule has 2 rings (SSSR count). The Morgan fingerprint density at radius 1 is 1.35 bits per heavy atom. The van der Waals surface area contributed by atoms with Gasteiger partial charge in [0, 0.05) is 5.92 Å². The van der Waals surface area contributed by atoms with Crippen molar-refractivity contribution in [3.63, 3.8) is 0 Å². The van der Waals surface area contributed by atoms with Gasteiger partial charge in [0.1, 0.15) is 19.5 Å². The third-order valence-electron chi connectivity index (χ3n) is 2.75. The van der Waals surface area contributed by atoms with Crippen LogP contribution in [0.4, 0.5) is 0 Å². The standard InChI is InChI=1S/C13H17NO3/c1-16-14-13(11-4-5-11)9-17-12-6-2-10(8-15)3-7-12/h2-3,6-7,11,15H,4-5,8-9H2,1H3/b14-13+. The summed E-state index contributed by atoms with van der Waals surface area (Å²) in [6, 6.07) is 7.39. The van der Waals surface area contributed by atoms with E-state index in [-0.39, 0.29) is 6.61 Å². The van der Waals surface area contributed by atoms with E-state index in [1.807, 2.05) is 24.3 Å². The molecule has 0 radical (unpaired) electrons. The molecule has 1 aliphatic carbocycles. The highest BCUT2D eigenvalue weighted by molar-refractivity contribution is 5.89. The van der Waals surface area contributed by atoms with Crippen LogP contribution in [0.3, 0.4) is 0 Å². The predicted octanol–water partition coefficient (Wildman–Crippen LogP) is 1.97. The van der Waals surface area contributed by atoms with Crippen molar-refractivity contribution in [1.29, 1.82) is 0 Å². The number of ether oxygens (including phenoxy) is 1. The molecule has 92 valence electrons. The lowest BCUT2D eigenvalue weighted by molar-refractivity contribution is 0.208. The molecule has 17 heavy (non-hydrogen) atoms. The molecule has 0 bridgehead atoms. The second-order valence-electron chi connectivity index (χ2n) is 4.13. The van der Waals surface area contributed by atoms with Gasteiger partial charge in [-0.15, -0.1) is 0 Å². The number of nitrogens with zero attached hydrogens (tertiary/aromatic N) is 1. The summed E-state index contributed by atoms with van der Waals surface area (Å²) in [6.45, 7) is 0.524. The molecule has 0 aliphatic heterocycles. The number of aliphatic hydroxyl groups is 1. The fourth-order valence-corrected chi connectivity index (χ4v) is 1.60. The van der Waals surface area contributed by atoms with Crippen LogP contribution in [0.1, 0.15) is 18.4 Å². The van der Waals surface area contributed by atoms with Crippen molar-refractivity contribution >= 4 is 5.71 Å². The average molecular weight is 235 g/mol. The lowest BCUT2D eigenvalue weighted by atomic mass is 10.2. The van der Waals surface area contributed by atoms with Gasteiger partial charge < -0.3 is 14.7 Å². The zero-order chi connectivity index (χ0) is 12.1. The molecule has 1 aromatic carbocycles. The van der Waals surface area contributed by atoms with Crippen LogP contribution in [0, 0.1) is 5.92 Å². The fraction of sp³-hybridized carbons (Fsp3) is 0.462. The minimum atomic E-state index is 0.0543. The summed E-state index contributed by atoms with van der Waals surface area (Å²) in [6.07, 6.45) is 2.35. The maximum absolute atomic E-state index is 8.92. The van der Waals surface area contributed by atoms with Crippen LogP contribution < -0.4 is 4.74 Å². The first-order valence-electron chi connectivity index (χ1n) is 5.76. The summed E-state index contributed by atoms with van der Waals surface area (Å²) < 4.78 is 5.63. The van der Waals surface area contributed by atoms with Crippen LogP contribution in [0.15, 0.2) is 29.4 Å². The molecule has 0 aromatic heterocycles. The van der Waals surface area contributed by atoms with Crippen molar-refractivity contribution in [1.82, 2.24) is 0 Å². The van der Waals surface area contributed by atoms with E-state index < -0.39 is 0 Å². The second-order valence-corrected chi connectivity index (χ2v) is 4.13. The number of benzene rings is 1. The zero-order valence-corrected chi connectivity index (χ0v) is 9.93. The SMILES string of the molecule is CO/N=C(\COc1ccc(CO)cc1)C1CC1. The highest BCUT2D eigenvalue weighted by Crippen LogP contribution is 2.31. The molecule has 1 saturated carbocycles. The van der Waals surface area contributed by atoms with Crippen molar-refractivity contribution < 1.29 is 14.7 Å². The molecule has 1 aromatic rings. The lowest BCUT2D eigenvalue weighted by Gasteiger charge is -2.08. The van der Waals surface area contributed by atoms with Crippen LogP contribution in [-0.4, -0.2) is 24.5 Å². The zero-order valence-electron chi connectivity index (χ0n) is 9.93. The van der Waals surface area contributed by atoms with Crippen molar-refractivity contribution in [2.24, 2.45) is 11.1 Å². The molecule has 0 heterocycles. The molecule has 0 saturated heterocycles. The normalized spacial score (nSPS) is 15.8. The van der Waals surface area contributed by atoms with E-state index >= 15 is 0 Å². The Hall–Kier alpha value is -1.55.